The van der Waals surface area contributed by atoms with Crippen LogP contribution in [0.15, 0.2) is 30.3 Å². The van der Waals surface area contributed by atoms with E-state index in [9.17, 15) is 9.59 Å². The van der Waals surface area contributed by atoms with Crippen molar-refractivity contribution in [2.75, 3.05) is 6.61 Å². The van der Waals surface area contributed by atoms with Crippen LogP contribution < -0.4 is 5.32 Å². The molecule has 5 nitrogen and oxygen atoms in total. The van der Waals surface area contributed by atoms with E-state index in [1.807, 2.05) is 26.0 Å². The Kier molecular flexibility index (Phi) is 6.26. The van der Waals surface area contributed by atoms with Gasteiger partial charge in [0.05, 0.1) is 5.56 Å². The van der Waals surface area contributed by atoms with Gasteiger partial charge in [-0.05, 0) is 51.5 Å². The molecule has 0 aliphatic carbocycles. The first-order chi connectivity index (χ1) is 11.8. The molecule has 25 heavy (non-hydrogen) atoms. The number of aromatic nitrogens is 1. The molecular weight excluding hydrogens is 340 g/mol. The molecule has 0 aliphatic rings. The van der Waals surface area contributed by atoms with Crippen LogP contribution in [0.1, 0.15) is 47.2 Å². The van der Waals surface area contributed by atoms with Gasteiger partial charge in [0.15, 0.2) is 6.61 Å². The molecule has 0 atom stereocenters. The lowest BCUT2D eigenvalue weighted by atomic mass is 10.2. The summed E-state index contributed by atoms with van der Waals surface area (Å²) >= 11 is 5.90. The van der Waals surface area contributed by atoms with Crippen molar-refractivity contribution >= 4 is 23.5 Å². The zero-order valence-corrected chi connectivity index (χ0v) is 15.7. The normalized spacial score (nSPS) is 10.8. The summed E-state index contributed by atoms with van der Waals surface area (Å²) in [6.07, 6.45) is 0. The molecule has 0 fully saturated rings. The Morgan fingerprint density at radius 2 is 1.96 bits per heavy atom. The van der Waals surface area contributed by atoms with Crippen molar-refractivity contribution in [3.63, 3.8) is 0 Å². The van der Waals surface area contributed by atoms with Crippen LogP contribution in [-0.4, -0.2) is 23.1 Å². The number of benzene rings is 1. The Labute approximate surface area is 152 Å². The maximum atomic E-state index is 12.2. The summed E-state index contributed by atoms with van der Waals surface area (Å²) in [6.45, 7) is 7.95. The van der Waals surface area contributed by atoms with E-state index in [4.69, 9.17) is 16.3 Å². The molecule has 0 bridgehead atoms. The third kappa shape index (κ3) is 4.86. The number of rotatable bonds is 6. The highest BCUT2D eigenvalue weighted by Gasteiger charge is 2.19. The molecule has 134 valence electrons. The largest absolute Gasteiger partial charge is 0.452 e. The standard InChI is InChI=1S/C19H23ClN2O3/c1-12(2)22-13(3)8-17(14(22)4)19(24)25-11-18(23)21-10-15-6-5-7-16(20)9-15/h5-9,12H,10-11H2,1-4H3,(H,21,23). The molecule has 2 rings (SSSR count). The highest BCUT2D eigenvalue weighted by atomic mass is 35.5. The first-order valence-corrected chi connectivity index (χ1v) is 8.54. The lowest BCUT2D eigenvalue weighted by molar-refractivity contribution is -0.124. The first kappa shape index (κ1) is 19.1. The summed E-state index contributed by atoms with van der Waals surface area (Å²) in [7, 11) is 0. The van der Waals surface area contributed by atoms with Crippen LogP contribution in [0.4, 0.5) is 0 Å². The predicted octanol–water partition coefficient (Wildman–Crippen LogP) is 3.81. The van der Waals surface area contributed by atoms with Crippen LogP contribution in [0.5, 0.6) is 0 Å². The summed E-state index contributed by atoms with van der Waals surface area (Å²) in [4.78, 5) is 24.1. The molecule has 1 aromatic carbocycles. The molecule has 0 aliphatic heterocycles. The quantitative estimate of drug-likeness (QED) is 0.795. The van der Waals surface area contributed by atoms with E-state index in [0.29, 0.717) is 17.1 Å². The van der Waals surface area contributed by atoms with Crippen molar-refractivity contribution in [3.05, 3.63) is 57.9 Å². The third-order valence-corrected chi connectivity index (χ3v) is 4.17. The third-order valence-electron chi connectivity index (χ3n) is 3.93. The molecule has 0 radical (unpaired) electrons. The van der Waals surface area contributed by atoms with E-state index in [0.717, 1.165) is 17.0 Å². The lowest BCUT2D eigenvalue weighted by Crippen LogP contribution is -2.28. The van der Waals surface area contributed by atoms with Crippen LogP contribution in [-0.2, 0) is 16.1 Å². The maximum absolute atomic E-state index is 12.2. The van der Waals surface area contributed by atoms with E-state index in [1.54, 1.807) is 18.2 Å². The number of ether oxygens (including phenoxy) is 1. The summed E-state index contributed by atoms with van der Waals surface area (Å²) in [5.41, 5.74) is 3.21. The Balaban J connectivity index is 1.89. The van der Waals surface area contributed by atoms with Gasteiger partial charge < -0.3 is 14.6 Å². The Morgan fingerprint density at radius 1 is 1.24 bits per heavy atom. The van der Waals surface area contributed by atoms with Gasteiger partial charge in [0.2, 0.25) is 0 Å². The van der Waals surface area contributed by atoms with E-state index in [2.05, 4.69) is 23.7 Å². The SMILES string of the molecule is Cc1cc(C(=O)OCC(=O)NCc2cccc(Cl)c2)c(C)n1C(C)C. The molecular formula is C19H23ClN2O3. The van der Waals surface area contributed by atoms with E-state index in [-0.39, 0.29) is 18.6 Å². The molecule has 0 unspecified atom stereocenters. The molecule has 1 aromatic heterocycles. The molecule has 1 heterocycles. The van der Waals surface area contributed by atoms with Crippen LogP contribution in [0.3, 0.4) is 0 Å². The molecule has 6 heteroatoms. The molecule has 0 saturated carbocycles. The molecule has 1 amide bonds. The van der Waals surface area contributed by atoms with Crippen LogP contribution in [0, 0.1) is 13.8 Å². The fourth-order valence-electron chi connectivity index (χ4n) is 2.89. The van der Waals surface area contributed by atoms with Gasteiger partial charge in [-0.2, -0.15) is 0 Å². The second kappa shape index (κ2) is 8.21. The van der Waals surface area contributed by atoms with E-state index >= 15 is 0 Å². The van der Waals surface area contributed by atoms with Crippen LogP contribution in [0.2, 0.25) is 5.02 Å². The summed E-state index contributed by atoms with van der Waals surface area (Å²) in [5, 5.41) is 3.31. The van der Waals surface area contributed by atoms with E-state index in [1.165, 1.54) is 0 Å². The fourth-order valence-corrected chi connectivity index (χ4v) is 3.10. The van der Waals surface area contributed by atoms with Crippen LogP contribution in [0.25, 0.3) is 0 Å². The minimum atomic E-state index is -0.488. The summed E-state index contributed by atoms with van der Waals surface area (Å²) < 4.78 is 7.21. The van der Waals surface area contributed by atoms with Crippen molar-refractivity contribution < 1.29 is 14.3 Å². The molecule has 1 N–H and O–H groups in total. The second-order valence-electron chi connectivity index (χ2n) is 6.23. The number of hydrogen-bond donors (Lipinski definition) is 1. The lowest BCUT2D eigenvalue weighted by Gasteiger charge is -2.13. The maximum Gasteiger partial charge on any atom is 0.340 e. The number of hydrogen-bond acceptors (Lipinski definition) is 3. The van der Waals surface area contributed by atoms with Crippen LogP contribution >= 0.6 is 11.6 Å². The average Bonchev–Trinajstić information content (AvgIpc) is 2.85. The minimum Gasteiger partial charge on any atom is -0.452 e. The number of aryl methyl sites for hydroxylation is 1. The highest BCUT2D eigenvalue weighted by molar-refractivity contribution is 6.30. The minimum absolute atomic E-state index is 0.252. The fraction of sp³-hybridized carbons (Fsp3) is 0.368. The van der Waals surface area contributed by atoms with Gasteiger partial charge in [-0.15, -0.1) is 0 Å². The van der Waals surface area contributed by atoms with Gasteiger partial charge in [0.1, 0.15) is 0 Å². The topological polar surface area (TPSA) is 60.3 Å². The van der Waals surface area contributed by atoms with Gasteiger partial charge in [-0.3, -0.25) is 4.79 Å². The number of nitrogens with zero attached hydrogens (tertiary/aromatic N) is 1. The Hall–Kier alpha value is -2.27. The van der Waals surface area contributed by atoms with Crippen molar-refractivity contribution in [1.82, 2.24) is 9.88 Å². The second-order valence-corrected chi connectivity index (χ2v) is 6.67. The zero-order valence-electron chi connectivity index (χ0n) is 14.9. The van der Waals surface area contributed by atoms with Crippen molar-refractivity contribution in [2.45, 2.75) is 40.3 Å². The molecule has 0 spiro atoms. The summed E-state index contributed by atoms with van der Waals surface area (Å²) in [5.74, 6) is -0.844. The number of carbonyl (C=O) groups is 2. The van der Waals surface area contributed by atoms with E-state index < -0.39 is 5.97 Å². The first-order valence-electron chi connectivity index (χ1n) is 8.16. The van der Waals surface area contributed by atoms with Gasteiger partial charge in [-0.1, -0.05) is 23.7 Å². The highest BCUT2D eigenvalue weighted by Crippen LogP contribution is 2.20. The van der Waals surface area contributed by atoms with Crippen molar-refractivity contribution in [2.24, 2.45) is 0 Å². The number of nitrogens with one attached hydrogen (secondary N) is 1. The predicted molar refractivity (Wildman–Crippen MR) is 97.9 cm³/mol. The molecule has 0 saturated heterocycles. The number of amides is 1. The Morgan fingerprint density at radius 3 is 2.56 bits per heavy atom. The number of halogens is 1. The van der Waals surface area contributed by atoms with Gasteiger partial charge >= 0.3 is 5.97 Å². The van der Waals surface area contributed by atoms with Gasteiger partial charge in [0.25, 0.3) is 5.91 Å². The Bertz CT molecular complexity index is 781. The van der Waals surface area contributed by atoms with Gasteiger partial charge in [-0.25, -0.2) is 4.79 Å². The number of carbonyl (C=O) groups excluding carboxylic acids is 2. The monoisotopic (exact) mass is 362 g/mol. The van der Waals surface area contributed by atoms with Crippen molar-refractivity contribution in [3.8, 4) is 0 Å². The average molecular weight is 363 g/mol. The van der Waals surface area contributed by atoms with Gasteiger partial charge in [0, 0.05) is 29.0 Å². The summed E-state index contributed by atoms with van der Waals surface area (Å²) in [6, 6.07) is 9.26. The zero-order chi connectivity index (χ0) is 18.6. The van der Waals surface area contributed by atoms with Crippen molar-refractivity contribution in [1.29, 1.82) is 0 Å². The smallest absolute Gasteiger partial charge is 0.340 e. The molecule has 2 aromatic rings. The number of esters is 1.